The van der Waals surface area contributed by atoms with Gasteiger partial charge in [-0.05, 0) is 37.3 Å². The second-order valence-electron chi connectivity index (χ2n) is 6.92. The van der Waals surface area contributed by atoms with E-state index in [9.17, 15) is 24.8 Å². The molecule has 10 heteroatoms. The van der Waals surface area contributed by atoms with Crippen molar-refractivity contribution in [1.29, 1.82) is 0 Å². The summed E-state index contributed by atoms with van der Waals surface area (Å²) in [7, 11) is 0. The normalized spacial score (nSPS) is 21.4. The number of nitrogens with zero attached hydrogens (tertiary/aromatic N) is 2. The number of thioether (sulfide) groups is 2. The molecule has 3 rings (SSSR count). The van der Waals surface area contributed by atoms with Crippen LogP contribution in [0.2, 0.25) is 0 Å². The summed E-state index contributed by atoms with van der Waals surface area (Å²) in [4.78, 5) is 36.9. The lowest BCUT2D eigenvalue weighted by Gasteiger charge is -2.47. The number of β-lactam (4-membered cyclic amide) rings is 1. The highest BCUT2D eigenvalue weighted by Crippen LogP contribution is 2.55. The number of amides is 1. The van der Waals surface area contributed by atoms with Crippen molar-refractivity contribution in [3.63, 3.8) is 0 Å². The Morgan fingerprint density at radius 1 is 1.39 bits per heavy atom. The lowest BCUT2D eigenvalue weighted by atomic mass is 9.83. The molecule has 28 heavy (non-hydrogen) atoms. The molecule has 0 saturated carbocycles. The molecule has 1 saturated heterocycles. The molecule has 8 nitrogen and oxygen atoms in total. The number of carbonyl (C=O) groups is 2. The van der Waals surface area contributed by atoms with Gasteiger partial charge in [-0.2, -0.15) is 0 Å². The number of aliphatic hydroxyl groups is 1. The third kappa shape index (κ3) is 3.76. The van der Waals surface area contributed by atoms with Crippen LogP contribution in [0.4, 0.5) is 5.69 Å². The topological polar surface area (TPSA) is 110 Å². The largest absolute Gasteiger partial charge is 0.456 e. The zero-order valence-electron chi connectivity index (χ0n) is 15.6. The van der Waals surface area contributed by atoms with E-state index in [1.165, 1.54) is 52.7 Å². The van der Waals surface area contributed by atoms with Crippen LogP contribution in [0.1, 0.15) is 26.3 Å². The maximum absolute atomic E-state index is 12.7. The minimum atomic E-state index is -1.18. The third-order valence-corrected chi connectivity index (χ3v) is 6.97. The van der Waals surface area contributed by atoms with Gasteiger partial charge in [0.1, 0.15) is 12.0 Å². The lowest BCUT2D eigenvalue weighted by Crippen LogP contribution is -2.64. The van der Waals surface area contributed by atoms with Gasteiger partial charge in [0.15, 0.2) is 5.70 Å². The fourth-order valence-electron chi connectivity index (χ4n) is 3.08. The zero-order chi connectivity index (χ0) is 20.6. The van der Waals surface area contributed by atoms with Crippen LogP contribution in [0.3, 0.4) is 0 Å². The molecule has 1 aromatic rings. The van der Waals surface area contributed by atoms with Gasteiger partial charge in [0.05, 0.1) is 20.7 Å². The Morgan fingerprint density at radius 3 is 2.57 bits per heavy atom. The van der Waals surface area contributed by atoms with Crippen molar-refractivity contribution >= 4 is 41.1 Å². The molecule has 0 radical (unpaired) electrons. The quantitative estimate of drug-likeness (QED) is 0.308. The molecule has 150 valence electrons. The van der Waals surface area contributed by atoms with Crippen LogP contribution < -0.4 is 0 Å². The third-order valence-electron chi connectivity index (χ3n) is 4.45. The number of nitro benzene ring substituents is 1. The van der Waals surface area contributed by atoms with E-state index >= 15 is 0 Å². The molecule has 2 heterocycles. The van der Waals surface area contributed by atoms with Crippen molar-refractivity contribution in [2.45, 2.75) is 38.4 Å². The standard InChI is InChI=1S/C18H20N2O6S2/c1-4-27-17-13(19-14(21)12(15(19)28-17)18(2,3)23)16(22)26-9-10-5-7-11(8-6-10)20(24)25/h5-8,12,15,23H,4,9H2,1-3H3/t12-,15-/m1/s1. The molecule has 0 aliphatic carbocycles. The Bertz CT molecular complexity index is 847. The Kier molecular flexibility index (Phi) is 5.74. The number of hydrogen-bond donors (Lipinski definition) is 1. The number of rotatable bonds is 7. The van der Waals surface area contributed by atoms with Gasteiger partial charge in [-0.15, -0.1) is 11.8 Å². The first-order valence-corrected chi connectivity index (χ1v) is 10.5. The number of fused-ring (bicyclic) bond motifs is 1. The summed E-state index contributed by atoms with van der Waals surface area (Å²) in [5.41, 5.74) is -0.394. The van der Waals surface area contributed by atoms with Crippen molar-refractivity contribution < 1.29 is 24.4 Å². The van der Waals surface area contributed by atoms with Crippen LogP contribution in [0, 0.1) is 16.0 Å². The number of benzene rings is 1. The molecule has 1 amide bonds. The number of non-ortho nitro benzene ring substituents is 1. The molecule has 0 unspecified atom stereocenters. The van der Waals surface area contributed by atoms with Crippen LogP contribution in [-0.2, 0) is 20.9 Å². The summed E-state index contributed by atoms with van der Waals surface area (Å²) < 4.78 is 6.07. The predicted molar refractivity (Wildman–Crippen MR) is 106 cm³/mol. The van der Waals surface area contributed by atoms with Crippen LogP contribution >= 0.6 is 23.5 Å². The van der Waals surface area contributed by atoms with Crippen molar-refractivity contribution in [2.24, 2.45) is 5.92 Å². The molecule has 1 fully saturated rings. The number of esters is 1. The maximum atomic E-state index is 12.7. The molecule has 1 aromatic carbocycles. The molecular formula is C18H20N2O6S2. The van der Waals surface area contributed by atoms with Crippen molar-refractivity contribution in [2.75, 3.05) is 5.75 Å². The van der Waals surface area contributed by atoms with E-state index in [1.807, 2.05) is 6.92 Å². The number of nitro groups is 1. The van der Waals surface area contributed by atoms with Gasteiger partial charge in [0, 0.05) is 12.1 Å². The molecule has 2 atom stereocenters. The average Bonchev–Trinajstić information content (AvgIpc) is 2.93. The van der Waals surface area contributed by atoms with Gasteiger partial charge in [0.25, 0.3) is 5.69 Å². The summed E-state index contributed by atoms with van der Waals surface area (Å²) in [6.07, 6.45) is 0. The fourth-order valence-corrected chi connectivity index (χ4v) is 6.00. The minimum absolute atomic E-state index is 0.0433. The van der Waals surface area contributed by atoms with Crippen LogP contribution in [-0.4, -0.2) is 43.5 Å². The van der Waals surface area contributed by atoms with Gasteiger partial charge in [-0.25, -0.2) is 4.79 Å². The van der Waals surface area contributed by atoms with E-state index < -0.39 is 22.4 Å². The van der Waals surface area contributed by atoms with E-state index in [2.05, 4.69) is 0 Å². The van der Waals surface area contributed by atoms with Crippen LogP contribution in [0.15, 0.2) is 34.2 Å². The Hall–Kier alpha value is -2.04. The van der Waals surface area contributed by atoms with E-state index in [-0.39, 0.29) is 29.3 Å². The molecule has 1 N–H and O–H groups in total. The monoisotopic (exact) mass is 424 g/mol. The van der Waals surface area contributed by atoms with Gasteiger partial charge in [0.2, 0.25) is 5.91 Å². The molecule has 0 aromatic heterocycles. The zero-order valence-corrected chi connectivity index (χ0v) is 17.2. The van der Waals surface area contributed by atoms with E-state index in [1.54, 1.807) is 13.8 Å². The second-order valence-corrected chi connectivity index (χ2v) is 9.58. The second kappa shape index (κ2) is 7.76. The number of ether oxygens (including phenoxy) is 1. The highest BCUT2D eigenvalue weighted by molar-refractivity contribution is 8.22. The maximum Gasteiger partial charge on any atom is 0.357 e. The van der Waals surface area contributed by atoms with E-state index in [4.69, 9.17) is 4.74 Å². The van der Waals surface area contributed by atoms with Gasteiger partial charge in [-0.3, -0.25) is 19.8 Å². The lowest BCUT2D eigenvalue weighted by molar-refractivity contribution is -0.384. The Balaban J connectivity index is 1.73. The Morgan fingerprint density at radius 2 is 2.04 bits per heavy atom. The van der Waals surface area contributed by atoms with Crippen molar-refractivity contribution in [3.05, 3.63) is 49.9 Å². The minimum Gasteiger partial charge on any atom is -0.456 e. The van der Waals surface area contributed by atoms with Gasteiger partial charge in [-0.1, -0.05) is 18.7 Å². The molecule has 0 bridgehead atoms. The highest BCUT2D eigenvalue weighted by Gasteiger charge is 2.60. The van der Waals surface area contributed by atoms with Crippen LogP contribution in [0.5, 0.6) is 0 Å². The summed E-state index contributed by atoms with van der Waals surface area (Å²) in [5.74, 6) is -0.764. The fraction of sp³-hybridized carbons (Fsp3) is 0.444. The predicted octanol–water partition coefficient (Wildman–Crippen LogP) is 2.86. The first-order valence-electron chi connectivity index (χ1n) is 8.64. The van der Waals surface area contributed by atoms with Gasteiger partial charge >= 0.3 is 5.97 Å². The number of hydrogen-bond acceptors (Lipinski definition) is 8. The Labute approximate surface area is 170 Å². The summed E-state index contributed by atoms with van der Waals surface area (Å²) in [5, 5.41) is 20.6. The van der Waals surface area contributed by atoms with Crippen molar-refractivity contribution in [1.82, 2.24) is 4.90 Å². The van der Waals surface area contributed by atoms with Crippen LogP contribution in [0.25, 0.3) is 0 Å². The average molecular weight is 425 g/mol. The summed E-state index contributed by atoms with van der Waals surface area (Å²) >= 11 is 2.85. The summed E-state index contributed by atoms with van der Waals surface area (Å²) in [6, 6.07) is 5.73. The van der Waals surface area contributed by atoms with Gasteiger partial charge < -0.3 is 9.84 Å². The summed E-state index contributed by atoms with van der Waals surface area (Å²) in [6.45, 7) is 5.07. The molecule has 0 spiro atoms. The van der Waals surface area contributed by atoms with E-state index in [0.717, 1.165) is 5.75 Å². The first kappa shape index (κ1) is 20.7. The SMILES string of the molecule is CCSC1=C(C(=O)OCc2ccc([N+](=O)[O-])cc2)N2C(=O)[C@@H](C(C)(C)O)[C@H]2S1. The molecule has 2 aliphatic heterocycles. The smallest absolute Gasteiger partial charge is 0.357 e. The van der Waals surface area contributed by atoms with E-state index in [0.29, 0.717) is 9.80 Å². The highest BCUT2D eigenvalue weighted by atomic mass is 32.2. The number of carbonyl (C=O) groups excluding carboxylic acids is 2. The van der Waals surface area contributed by atoms with Crippen molar-refractivity contribution in [3.8, 4) is 0 Å². The first-order chi connectivity index (χ1) is 13.1. The molecular weight excluding hydrogens is 404 g/mol. The molecule has 2 aliphatic rings.